The Labute approximate surface area is 112 Å². The van der Waals surface area contributed by atoms with Gasteiger partial charge in [-0.3, -0.25) is 4.79 Å². The van der Waals surface area contributed by atoms with E-state index in [4.69, 9.17) is 22.1 Å². The van der Waals surface area contributed by atoms with E-state index >= 15 is 0 Å². The molecule has 0 spiro atoms. The number of amides is 1. The van der Waals surface area contributed by atoms with Gasteiger partial charge in [0.2, 0.25) is 5.91 Å². The maximum absolute atomic E-state index is 11.7. The normalized spacial score (nSPS) is 17.2. The lowest BCUT2D eigenvalue weighted by atomic mass is 10.1. The molecule has 1 aromatic rings. The standard InChI is InChI=1S/C13H17ClN2O2/c1-2-11(15)13(17)16-7-9(8-16)18-12-6-4-3-5-10(12)14/h3-6,9,11H,2,7-8,15H2,1H3/t11-/m0/s1. The number of para-hydroxylation sites is 1. The molecule has 1 heterocycles. The molecule has 0 aromatic heterocycles. The van der Waals surface area contributed by atoms with Gasteiger partial charge in [-0.2, -0.15) is 0 Å². The number of halogens is 1. The van der Waals surface area contributed by atoms with Gasteiger partial charge in [0.05, 0.1) is 24.2 Å². The van der Waals surface area contributed by atoms with E-state index in [9.17, 15) is 4.79 Å². The van der Waals surface area contributed by atoms with Crippen LogP contribution in [0, 0.1) is 0 Å². The van der Waals surface area contributed by atoms with Crippen molar-refractivity contribution in [2.24, 2.45) is 5.73 Å². The van der Waals surface area contributed by atoms with Crippen molar-refractivity contribution >= 4 is 17.5 Å². The van der Waals surface area contributed by atoms with Gasteiger partial charge in [-0.1, -0.05) is 30.7 Å². The monoisotopic (exact) mass is 268 g/mol. The summed E-state index contributed by atoms with van der Waals surface area (Å²) in [4.78, 5) is 13.5. The fourth-order valence-electron chi connectivity index (χ4n) is 1.82. The second kappa shape index (κ2) is 5.59. The molecule has 1 amide bonds. The van der Waals surface area contributed by atoms with Crippen molar-refractivity contribution in [2.45, 2.75) is 25.5 Å². The fraction of sp³-hybridized carbons (Fsp3) is 0.462. The van der Waals surface area contributed by atoms with E-state index in [1.807, 2.05) is 25.1 Å². The van der Waals surface area contributed by atoms with Gasteiger partial charge in [-0.15, -0.1) is 0 Å². The van der Waals surface area contributed by atoms with E-state index in [1.54, 1.807) is 11.0 Å². The average molecular weight is 269 g/mol. The maximum atomic E-state index is 11.7. The molecule has 2 rings (SSSR count). The predicted molar refractivity (Wildman–Crippen MR) is 70.7 cm³/mol. The van der Waals surface area contributed by atoms with Crippen LogP contribution in [-0.2, 0) is 4.79 Å². The molecule has 0 unspecified atom stereocenters. The molecule has 2 N–H and O–H groups in total. The Balaban J connectivity index is 1.84. The Hall–Kier alpha value is -1.26. The average Bonchev–Trinajstić information content (AvgIpc) is 2.33. The highest BCUT2D eigenvalue weighted by molar-refractivity contribution is 6.32. The van der Waals surface area contributed by atoms with Crippen molar-refractivity contribution in [3.8, 4) is 5.75 Å². The van der Waals surface area contributed by atoms with E-state index < -0.39 is 6.04 Å². The topological polar surface area (TPSA) is 55.6 Å². The van der Waals surface area contributed by atoms with E-state index in [1.165, 1.54) is 0 Å². The number of hydrogen-bond donors (Lipinski definition) is 1. The van der Waals surface area contributed by atoms with Crippen LogP contribution < -0.4 is 10.5 Å². The number of rotatable bonds is 4. The molecule has 5 heteroatoms. The molecule has 4 nitrogen and oxygen atoms in total. The summed E-state index contributed by atoms with van der Waals surface area (Å²) in [5.41, 5.74) is 5.70. The minimum atomic E-state index is -0.397. The van der Waals surface area contributed by atoms with Crippen molar-refractivity contribution in [3.63, 3.8) is 0 Å². The predicted octanol–water partition coefficient (Wildman–Crippen LogP) is 1.67. The first kappa shape index (κ1) is 13.2. The number of nitrogens with zero attached hydrogens (tertiary/aromatic N) is 1. The second-order valence-corrected chi connectivity index (χ2v) is 4.84. The number of carbonyl (C=O) groups is 1. The molecule has 1 aromatic carbocycles. The van der Waals surface area contributed by atoms with Crippen LogP contribution in [-0.4, -0.2) is 36.0 Å². The van der Waals surface area contributed by atoms with Gasteiger partial charge in [0.25, 0.3) is 0 Å². The van der Waals surface area contributed by atoms with Gasteiger partial charge >= 0.3 is 0 Å². The largest absolute Gasteiger partial charge is 0.485 e. The zero-order valence-electron chi connectivity index (χ0n) is 10.3. The van der Waals surface area contributed by atoms with Gasteiger partial charge in [0.15, 0.2) is 0 Å². The van der Waals surface area contributed by atoms with Crippen LogP contribution in [0.15, 0.2) is 24.3 Å². The molecule has 0 saturated carbocycles. The van der Waals surface area contributed by atoms with Crippen LogP contribution in [0.2, 0.25) is 5.02 Å². The lowest BCUT2D eigenvalue weighted by molar-refractivity contribution is -0.141. The first-order valence-corrected chi connectivity index (χ1v) is 6.45. The van der Waals surface area contributed by atoms with E-state index in [-0.39, 0.29) is 12.0 Å². The smallest absolute Gasteiger partial charge is 0.239 e. The highest BCUT2D eigenvalue weighted by atomic mass is 35.5. The van der Waals surface area contributed by atoms with E-state index in [2.05, 4.69) is 0 Å². The Morgan fingerprint density at radius 3 is 2.83 bits per heavy atom. The molecule has 0 bridgehead atoms. The summed E-state index contributed by atoms with van der Waals surface area (Å²) in [5.74, 6) is 0.660. The van der Waals surface area contributed by atoms with Gasteiger partial charge in [-0.25, -0.2) is 0 Å². The van der Waals surface area contributed by atoms with Crippen LogP contribution >= 0.6 is 11.6 Å². The molecular weight excluding hydrogens is 252 g/mol. The molecule has 18 heavy (non-hydrogen) atoms. The van der Waals surface area contributed by atoms with Crippen molar-refractivity contribution in [1.82, 2.24) is 4.90 Å². The summed E-state index contributed by atoms with van der Waals surface area (Å²) in [6.07, 6.45) is 0.670. The van der Waals surface area contributed by atoms with Crippen molar-refractivity contribution < 1.29 is 9.53 Å². The first-order valence-electron chi connectivity index (χ1n) is 6.07. The van der Waals surface area contributed by atoms with Gasteiger partial charge in [0.1, 0.15) is 11.9 Å². The molecule has 1 aliphatic rings. The molecule has 1 fully saturated rings. The minimum absolute atomic E-state index is 0.00323. The quantitative estimate of drug-likeness (QED) is 0.904. The fourth-order valence-corrected chi connectivity index (χ4v) is 2.00. The molecule has 0 radical (unpaired) electrons. The minimum Gasteiger partial charge on any atom is -0.485 e. The summed E-state index contributed by atoms with van der Waals surface area (Å²) in [6.45, 7) is 3.07. The Morgan fingerprint density at radius 1 is 1.56 bits per heavy atom. The van der Waals surface area contributed by atoms with Crippen molar-refractivity contribution in [1.29, 1.82) is 0 Å². The van der Waals surface area contributed by atoms with E-state index in [0.717, 1.165) is 0 Å². The number of likely N-dealkylation sites (tertiary alicyclic amines) is 1. The third-order valence-electron chi connectivity index (χ3n) is 3.05. The van der Waals surface area contributed by atoms with Crippen LogP contribution in [0.5, 0.6) is 5.75 Å². The van der Waals surface area contributed by atoms with Gasteiger partial charge in [-0.05, 0) is 18.6 Å². The molecular formula is C13H17ClN2O2. The third kappa shape index (κ3) is 2.76. The summed E-state index contributed by atoms with van der Waals surface area (Å²) in [6, 6.07) is 6.93. The third-order valence-corrected chi connectivity index (χ3v) is 3.36. The van der Waals surface area contributed by atoms with E-state index in [0.29, 0.717) is 30.3 Å². The second-order valence-electron chi connectivity index (χ2n) is 4.43. The van der Waals surface area contributed by atoms with Gasteiger partial charge < -0.3 is 15.4 Å². The highest BCUT2D eigenvalue weighted by Gasteiger charge is 2.34. The number of nitrogens with two attached hydrogens (primary N) is 1. The number of carbonyl (C=O) groups excluding carboxylic acids is 1. The number of hydrogen-bond acceptors (Lipinski definition) is 3. The Bertz CT molecular complexity index is 433. The lowest BCUT2D eigenvalue weighted by Crippen LogP contribution is -2.59. The summed E-state index contributed by atoms with van der Waals surface area (Å²) in [7, 11) is 0. The summed E-state index contributed by atoms with van der Waals surface area (Å²) >= 11 is 6.00. The molecule has 1 atom stereocenters. The summed E-state index contributed by atoms with van der Waals surface area (Å²) in [5, 5.41) is 0.590. The maximum Gasteiger partial charge on any atom is 0.239 e. The van der Waals surface area contributed by atoms with Crippen LogP contribution in [0.25, 0.3) is 0 Å². The van der Waals surface area contributed by atoms with Gasteiger partial charge in [0, 0.05) is 0 Å². The molecule has 98 valence electrons. The number of ether oxygens (including phenoxy) is 1. The zero-order chi connectivity index (χ0) is 13.1. The Morgan fingerprint density at radius 2 is 2.22 bits per heavy atom. The number of benzene rings is 1. The molecule has 1 saturated heterocycles. The summed E-state index contributed by atoms with van der Waals surface area (Å²) < 4.78 is 5.71. The molecule has 0 aliphatic carbocycles. The zero-order valence-corrected chi connectivity index (χ0v) is 11.1. The molecule has 1 aliphatic heterocycles. The van der Waals surface area contributed by atoms with Crippen LogP contribution in [0.4, 0.5) is 0 Å². The first-order chi connectivity index (χ1) is 8.61. The Kier molecular flexibility index (Phi) is 4.09. The SMILES string of the molecule is CC[C@H](N)C(=O)N1CC(Oc2ccccc2Cl)C1. The van der Waals surface area contributed by atoms with Crippen LogP contribution in [0.3, 0.4) is 0 Å². The van der Waals surface area contributed by atoms with Crippen molar-refractivity contribution in [3.05, 3.63) is 29.3 Å². The van der Waals surface area contributed by atoms with Crippen molar-refractivity contribution in [2.75, 3.05) is 13.1 Å². The lowest BCUT2D eigenvalue weighted by Gasteiger charge is -2.40. The van der Waals surface area contributed by atoms with Crippen LogP contribution in [0.1, 0.15) is 13.3 Å². The highest BCUT2D eigenvalue weighted by Crippen LogP contribution is 2.26.